The number of rotatable bonds is 18. The Labute approximate surface area is 184 Å². The summed E-state index contributed by atoms with van der Waals surface area (Å²) in [6.45, 7) is 6.50. The summed E-state index contributed by atoms with van der Waals surface area (Å²) in [5, 5.41) is 0. The summed E-state index contributed by atoms with van der Waals surface area (Å²) in [4.78, 5) is 11.6. The number of ether oxygens (including phenoxy) is 2. The number of unbranched alkanes of at least 4 members (excludes halogenated alkanes) is 11. The standard InChI is InChI=1S/C22H42O3.H2O4S/c1-4-6-7-8-9-10-11-12-13-14-15-16-17-18-19-20-22(23)25-21(3)24-5-2;1-5(2,3)4/h12-13,21H,4-11,14-20H2,1-3H3;(H2,1,2,3,4). The predicted octanol–water partition coefficient (Wildman–Crippen LogP) is 6.30. The molecule has 0 heterocycles. The second-order valence-electron chi connectivity index (χ2n) is 7.29. The van der Waals surface area contributed by atoms with Gasteiger partial charge in [0.2, 0.25) is 0 Å². The molecule has 0 spiro atoms. The summed E-state index contributed by atoms with van der Waals surface area (Å²) in [5.41, 5.74) is 0. The van der Waals surface area contributed by atoms with Crippen LogP contribution >= 0.6 is 0 Å². The van der Waals surface area contributed by atoms with Crippen molar-refractivity contribution in [1.82, 2.24) is 0 Å². The molecule has 1 atom stereocenters. The lowest BCUT2D eigenvalue weighted by Gasteiger charge is -2.12. The van der Waals surface area contributed by atoms with Crippen molar-refractivity contribution in [2.45, 2.75) is 117 Å². The van der Waals surface area contributed by atoms with Gasteiger partial charge >= 0.3 is 16.4 Å². The van der Waals surface area contributed by atoms with E-state index < -0.39 is 16.7 Å². The maximum Gasteiger partial charge on any atom is 0.394 e. The molecule has 0 fully saturated rings. The van der Waals surface area contributed by atoms with E-state index in [9.17, 15) is 4.79 Å². The third kappa shape index (κ3) is 34.5. The monoisotopic (exact) mass is 452 g/mol. The van der Waals surface area contributed by atoms with Gasteiger partial charge in [-0.3, -0.25) is 13.9 Å². The van der Waals surface area contributed by atoms with Crippen molar-refractivity contribution in [2.75, 3.05) is 6.61 Å². The van der Waals surface area contributed by atoms with E-state index in [-0.39, 0.29) is 5.97 Å². The van der Waals surface area contributed by atoms with E-state index in [1.54, 1.807) is 6.92 Å². The summed E-state index contributed by atoms with van der Waals surface area (Å²) < 4.78 is 41.9. The zero-order chi connectivity index (χ0) is 23.1. The quantitative estimate of drug-likeness (QED) is 0.0825. The lowest BCUT2D eigenvalue weighted by molar-refractivity contribution is -0.173. The van der Waals surface area contributed by atoms with Crippen molar-refractivity contribution in [2.24, 2.45) is 0 Å². The van der Waals surface area contributed by atoms with Crippen molar-refractivity contribution in [3.8, 4) is 0 Å². The number of carbonyl (C=O) groups is 1. The zero-order valence-corrected chi connectivity index (χ0v) is 20.0. The van der Waals surface area contributed by atoms with Gasteiger partial charge in [0.25, 0.3) is 0 Å². The summed E-state index contributed by atoms with van der Waals surface area (Å²) in [7, 11) is -4.67. The van der Waals surface area contributed by atoms with E-state index in [1.165, 1.54) is 70.6 Å². The van der Waals surface area contributed by atoms with E-state index in [1.807, 2.05) is 6.92 Å². The third-order valence-electron chi connectivity index (χ3n) is 4.34. The second kappa shape index (κ2) is 22.7. The van der Waals surface area contributed by atoms with E-state index in [4.69, 9.17) is 27.0 Å². The smallest absolute Gasteiger partial charge is 0.394 e. The second-order valence-corrected chi connectivity index (χ2v) is 8.19. The molecule has 0 aliphatic heterocycles. The fourth-order valence-corrected chi connectivity index (χ4v) is 2.85. The van der Waals surface area contributed by atoms with Gasteiger partial charge in [-0.15, -0.1) is 0 Å². The molecule has 2 N–H and O–H groups in total. The first-order valence-corrected chi connectivity index (χ1v) is 12.8. The largest absolute Gasteiger partial charge is 0.436 e. The van der Waals surface area contributed by atoms with Crippen molar-refractivity contribution in [3.63, 3.8) is 0 Å². The molecule has 0 aliphatic rings. The van der Waals surface area contributed by atoms with Crippen LogP contribution in [0.5, 0.6) is 0 Å². The molecule has 0 saturated carbocycles. The maximum absolute atomic E-state index is 11.6. The molecule has 0 amide bonds. The molecule has 8 heteroatoms. The van der Waals surface area contributed by atoms with Gasteiger partial charge in [0.1, 0.15) is 0 Å². The number of hydrogen-bond donors (Lipinski definition) is 2. The molecule has 1 unspecified atom stereocenters. The first-order chi connectivity index (χ1) is 14.2. The van der Waals surface area contributed by atoms with Crippen LogP contribution in [-0.2, 0) is 24.7 Å². The number of esters is 1. The van der Waals surface area contributed by atoms with Gasteiger partial charge < -0.3 is 9.47 Å². The summed E-state index contributed by atoms with van der Waals surface area (Å²) >= 11 is 0. The van der Waals surface area contributed by atoms with Crippen LogP contribution in [-0.4, -0.2) is 36.4 Å². The van der Waals surface area contributed by atoms with Crippen molar-refractivity contribution in [1.29, 1.82) is 0 Å². The Morgan fingerprint density at radius 2 is 1.27 bits per heavy atom. The molecule has 0 rings (SSSR count). The van der Waals surface area contributed by atoms with Crippen molar-refractivity contribution >= 4 is 16.4 Å². The Balaban J connectivity index is 0. The predicted molar refractivity (Wildman–Crippen MR) is 121 cm³/mol. The van der Waals surface area contributed by atoms with Crippen LogP contribution in [0.2, 0.25) is 0 Å². The normalized spacial score (nSPS) is 12.4. The van der Waals surface area contributed by atoms with Gasteiger partial charge in [-0.05, 0) is 46.0 Å². The van der Waals surface area contributed by atoms with Gasteiger partial charge in [0.15, 0.2) is 6.29 Å². The van der Waals surface area contributed by atoms with Crippen LogP contribution in [0.3, 0.4) is 0 Å². The lowest BCUT2D eigenvalue weighted by atomic mass is 10.1. The van der Waals surface area contributed by atoms with E-state index in [0.29, 0.717) is 13.0 Å². The third-order valence-corrected chi connectivity index (χ3v) is 4.34. The summed E-state index contributed by atoms with van der Waals surface area (Å²) in [6.07, 6.45) is 21.3. The van der Waals surface area contributed by atoms with E-state index in [0.717, 1.165) is 12.8 Å². The van der Waals surface area contributed by atoms with E-state index in [2.05, 4.69) is 19.1 Å². The molecule has 0 aromatic carbocycles. The minimum Gasteiger partial charge on any atom is -0.436 e. The number of allylic oxidation sites excluding steroid dienone is 2. The highest BCUT2D eigenvalue weighted by molar-refractivity contribution is 7.79. The van der Waals surface area contributed by atoms with Gasteiger partial charge in [-0.1, -0.05) is 70.4 Å². The Bertz CT molecular complexity index is 496. The van der Waals surface area contributed by atoms with Crippen LogP contribution in [0.25, 0.3) is 0 Å². The Hall–Kier alpha value is -0.960. The average molecular weight is 453 g/mol. The topological polar surface area (TPSA) is 110 Å². The van der Waals surface area contributed by atoms with Crippen LogP contribution in [0.4, 0.5) is 0 Å². The highest BCUT2D eigenvalue weighted by atomic mass is 32.3. The average Bonchev–Trinajstić information content (AvgIpc) is 2.63. The highest BCUT2D eigenvalue weighted by Crippen LogP contribution is 2.10. The fraction of sp³-hybridized carbons (Fsp3) is 0.864. The SMILES string of the molecule is CCCCCCCCC=CCCCCCCCC(=O)OC(C)OCC.O=S(=O)(O)O. The van der Waals surface area contributed by atoms with Crippen LogP contribution in [0.1, 0.15) is 111 Å². The molecular formula is C22H44O7S. The summed E-state index contributed by atoms with van der Waals surface area (Å²) in [6, 6.07) is 0. The zero-order valence-electron chi connectivity index (χ0n) is 19.2. The number of carbonyl (C=O) groups excluding carboxylic acids is 1. The van der Waals surface area contributed by atoms with Gasteiger partial charge in [0, 0.05) is 13.0 Å². The fourth-order valence-electron chi connectivity index (χ4n) is 2.85. The molecule has 0 bridgehead atoms. The van der Waals surface area contributed by atoms with Gasteiger partial charge in [-0.25, -0.2) is 0 Å². The minimum absolute atomic E-state index is 0.140. The minimum atomic E-state index is -4.67. The Kier molecular flexibility index (Phi) is 23.6. The molecule has 0 saturated heterocycles. The maximum atomic E-state index is 11.6. The molecule has 0 aromatic heterocycles. The Morgan fingerprint density at radius 3 is 1.73 bits per heavy atom. The van der Waals surface area contributed by atoms with Crippen LogP contribution < -0.4 is 0 Å². The molecular weight excluding hydrogens is 408 g/mol. The molecule has 180 valence electrons. The highest BCUT2D eigenvalue weighted by Gasteiger charge is 2.08. The molecule has 30 heavy (non-hydrogen) atoms. The van der Waals surface area contributed by atoms with Crippen LogP contribution in [0, 0.1) is 0 Å². The first-order valence-electron chi connectivity index (χ1n) is 11.4. The lowest BCUT2D eigenvalue weighted by Crippen LogP contribution is -2.17. The van der Waals surface area contributed by atoms with E-state index >= 15 is 0 Å². The molecule has 0 radical (unpaired) electrons. The first kappa shape index (κ1) is 31.2. The summed E-state index contributed by atoms with van der Waals surface area (Å²) in [5.74, 6) is -0.140. The van der Waals surface area contributed by atoms with Gasteiger partial charge in [-0.2, -0.15) is 8.42 Å². The van der Waals surface area contributed by atoms with Crippen molar-refractivity contribution in [3.05, 3.63) is 12.2 Å². The van der Waals surface area contributed by atoms with Crippen molar-refractivity contribution < 1.29 is 31.8 Å². The van der Waals surface area contributed by atoms with Gasteiger partial charge in [0.05, 0.1) is 0 Å². The molecule has 0 aliphatic carbocycles. The molecule has 7 nitrogen and oxygen atoms in total. The molecule has 0 aromatic rings. The number of hydrogen-bond acceptors (Lipinski definition) is 5. The van der Waals surface area contributed by atoms with Crippen LogP contribution in [0.15, 0.2) is 12.2 Å². The Morgan fingerprint density at radius 1 is 0.833 bits per heavy atom.